The first-order chi connectivity index (χ1) is 43.3. The van der Waals surface area contributed by atoms with Gasteiger partial charge in [0.15, 0.2) is 0 Å². The number of nitrogens with zero attached hydrogens (tertiary/aromatic N) is 5. The van der Waals surface area contributed by atoms with E-state index in [-0.39, 0.29) is 93.4 Å². The van der Waals surface area contributed by atoms with Crippen LogP contribution in [-0.2, 0) is 72.0 Å². The molecule has 7 N–H and O–H groups in total. The Hall–Kier alpha value is -8.63. The van der Waals surface area contributed by atoms with Crippen LogP contribution in [0, 0.1) is 11.8 Å². The fourth-order valence-electron chi connectivity index (χ4n) is 13.6. The van der Waals surface area contributed by atoms with E-state index in [0.717, 1.165) is 0 Å². The predicted molar refractivity (Wildman–Crippen MR) is 332 cm³/mol. The second kappa shape index (κ2) is 30.3. The first-order valence-corrected chi connectivity index (χ1v) is 32.1. The van der Waals surface area contributed by atoms with Crippen molar-refractivity contribution < 1.29 is 57.8 Å². The molecule has 0 radical (unpaired) electrons. The number of carbonyl (C=O) groups excluding carboxylic acids is 10. The third-order valence-electron chi connectivity index (χ3n) is 18.1. The molecule has 9 rings (SSSR count). The van der Waals surface area contributed by atoms with E-state index in [2.05, 4.69) is 31.9 Å². The van der Waals surface area contributed by atoms with Gasteiger partial charge in [0.25, 0.3) is 5.91 Å². The molecule has 0 saturated carbocycles. The number of aliphatic carboxylic acids is 1. The largest absolute Gasteiger partial charge is 0.480 e. The summed E-state index contributed by atoms with van der Waals surface area (Å²) >= 11 is 0. The Bertz CT molecular complexity index is 3150. The maximum atomic E-state index is 15.4. The van der Waals surface area contributed by atoms with Crippen LogP contribution in [0.3, 0.4) is 0 Å². The minimum absolute atomic E-state index is 0.0226. The molecular formula is C67H87N11O12. The minimum Gasteiger partial charge on any atom is -0.480 e. The highest BCUT2D eigenvalue weighted by atomic mass is 16.4. The van der Waals surface area contributed by atoms with Gasteiger partial charge >= 0.3 is 5.97 Å². The highest BCUT2D eigenvalue weighted by Crippen LogP contribution is 2.32. The Balaban J connectivity index is 1.02. The highest BCUT2D eigenvalue weighted by Gasteiger charge is 2.49. The summed E-state index contributed by atoms with van der Waals surface area (Å²) in [4.78, 5) is 168. The van der Waals surface area contributed by atoms with Crippen molar-refractivity contribution in [3.63, 3.8) is 0 Å². The molecule has 10 amide bonds. The van der Waals surface area contributed by atoms with Crippen LogP contribution in [0.1, 0.15) is 121 Å². The quantitative estimate of drug-likeness (QED) is 0.0966. The lowest BCUT2D eigenvalue weighted by atomic mass is 10.0. The summed E-state index contributed by atoms with van der Waals surface area (Å²) in [6.07, 6.45) is 5.42. The summed E-state index contributed by atoms with van der Waals surface area (Å²) < 4.78 is 0. The van der Waals surface area contributed by atoms with Crippen molar-refractivity contribution >= 4 is 65.0 Å². The number of carboxylic acids is 1. The third-order valence-corrected chi connectivity index (χ3v) is 18.1. The average molecular weight is 1240 g/mol. The molecule has 10 atom stereocenters. The molecule has 23 heteroatoms. The fourth-order valence-corrected chi connectivity index (χ4v) is 13.6. The zero-order valence-electron chi connectivity index (χ0n) is 52.0. The van der Waals surface area contributed by atoms with Crippen molar-refractivity contribution in [1.29, 1.82) is 0 Å². The topological polar surface area (TPSA) is 296 Å². The van der Waals surface area contributed by atoms with E-state index < -0.39 is 108 Å². The van der Waals surface area contributed by atoms with Gasteiger partial charge in [-0.1, -0.05) is 119 Å². The van der Waals surface area contributed by atoms with E-state index in [1.807, 2.05) is 27.7 Å². The van der Waals surface area contributed by atoms with E-state index in [9.17, 15) is 48.3 Å². The van der Waals surface area contributed by atoms with Gasteiger partial charge in [-0.05, 0) is 106 Å². The van der Waals surface area contributed by atoms with E-state index in [4.69, 9.17) is 0 Å². The third kappa shape index (κ3) is 16.0. The molecule has 6 aliphatic heterocycles. The van der Waals surface area contributed by atoms with Crippen LogP contribution < -0.4 is 31.9 Å². The van der Waals surface area contributed by atoms with E-state index in [0.29, 0.717) is 87.6 Å². The number of likely N-dealkylation sites (tertiary alicyclic amines) is 1. The zero-order valence-corrected chi connectivity index (χ0v) is 52.0. The smallest absolute Gasteiger partial charge is 0.326 e. The van der Waals surface area contributed by atoms with Crippen molar-refractivity contribution in [2.75, 3.05) is 32.7 Å². The van der Waals surface area contributed by atoms with Gasteiger partial charge in [-0.2, -0.15) is 0 Å². The Morgan fingerprint density at radius 3 is 1.36 bits per heavy atom. The molecule has 5 fully saturated rings. The van der Waals surface area contributed by atoms with Gasteiger partial charge < -0.3 is 61.5 Å². The molecule has 6 aliphatic rings. The lowest BCUT2D eigenvalue weighted by Gasteiger charge is -2.36. The molecule has 3 aromatic carbocycles. The average Bonchev–Trinajstić information content (AvgIpc) is 1.69. The molecule has 0 bridgehead atoms. The van der Waals surface area contributed by atoms with Crippen LogP contribution in [0.5, 0.6) is 0 Å². The van der Waals surface area contributed by atoms with E-state index >= 15 is 9.59 Å². The van der Waals surface area contributed by atoms with Crippen LogP contribution in [0.4, 0.5) is 0 Å². The van der Waals surface area contributed by atoms with Crippen molar-refractivity contribution in [3.8, 4) is 0 Å². The number of carboxylic acid groups (broad SMARTS) is 1. The van der Waals surface area contributed by atoms with E-state index in [1.165, 1.54) is 20.9 Å². The highest BCUT2D eigenvalue weighted by molar-refractivity contribution is 6.03. The number of amides is 10. The first kappa shape index (κ1) is 65.8. The number of hydrogen-bond donors (Lipinski definition) is 7. The summed E-state index contributed by atoms with van der Waals surface area (Å²) in [5.41, 5.74) is 1.61. The molecule has 23 nitrogen and oxygen atoms in total. The number of carbonyl (C=O) groups is 11. The normalized spacial score (nSPS) is 25.2. The fraction of sp³-hybridized carbons (Fsp3) is 0.537. The first-order valence-electron chi connectivity index (χ1n) is 32.1. The van der Waals surface area contributed by atoms with Gasteiger partial charge in [-0.3, -0.25) is 47.9 Å². The van der Waals surface area contributed by atoms with Gasteiger partial charge in [0.1, 0.15) is 66.1 Å². The second-order valence-corrected chi connectivity index (χ2v) is 25.6. The van der Waals surface area contributed by atoms with Gasteiger partial charge in [-0.25, -0.2) is 4.79 Å². The van der Waals surface area contributed by atoms with Gasteiger partial charge in [0.2, 0.25) is 53.2 Å². The Labute approximate surface area is 525 Å². The van der Waals surface area contributed by atoms with Gasteiger partial charge in [0, 0.05) is 58.2 Å². The minimum atomic E-state index is -1.35. The number of fused-ring (bicyclic) bond motifs is 4. The molecule has 5 saturated heterocycles. The number of nitrogens with one attached hydrogen (secondary N) is 6. The zero-order chi connectivity index (χ0) is 64.2. The molecule has 0 unspecified atom stereocenters. The Morgan fingerprint density at radius 1 is 0.489 bits per heavy atom. The molecule has 0 spiro atoms. The summed E-state index contributed by atoms with van der Waals surface area (Å²) in [6, 6.07) is 15.4. The van der Waals surface area contributed by atoms with Crippen molar-refractivity contribution in [2.24, 2.45) is 11.8 Å². The number of rotatable bonds is 18. The van der Waals surface area contributed by atoms with Crippen LogP contribution in [0.2, 0.25) is 0 Å². The standard InChI is InChI=1S/C67H87N11O12/c1-41(2)35-46-57(79)73-51(40-68-49(36-42(3)4)62(84)76-32-16-27-54(76)65(87)78-34-18-29-56(78)66(88)77-33-17-28-55(77)64(86)75-31-15-26-53(75)61(83)70-46)63(85)74-30-14-25-52(74)60(82)71-48(38-44-21-10-6-11-22-44)58(80)69-47(37-43-19-8-5-9-20-43)59(81)72-50(67(89)90)39-45-23-12-7-13-24-45/h5-13,19-24,40-42,46-50,52-56,68H,14-18,25-39H2,1-4H3,(H,69,80)(H,70,83)(H,71,82)(H,72,81)(H,73,79)(H,89,90)/b51-40-/t46-,47-,48-,49-,50-,52-,53-,54-,55+,56-/m0/s1. The lowest BCUT2D eigenvalue weighted by Crippen LogP contribution is -2.59. The van der Waals surface area contributed by atoms with Crippen LogP contribution >= 0.6 is 0 Å². The molecule has 482 valence electrons. The summed E-state index contributed by atoms with van der Waals surface area (Å²) in [6.45, 7) is 8.68. The molecule has 3 aromatic rings. The van der Waals surface area contributed by atoms with Gasteiger partial charge in [-0.15, -0.1) is 0 Å². The molecular weight excluding hydrogens is 1150 g/mol. The van der Waals surface area contributed by atoms with Crippen molar-refractivity contribution in [3.05, 3.63) is 120 Å². The maximum Gasteiger partial charge on any atom is 0.326 e. The maximum absolute atomic E-state index is 15.4. The molecule has 6 heterocycles. The molecule has 90 heavy (non-hydrogen) atoms. The second-order valence-electron chi connectivity index (χ2n) is 25.6. The molecule has 0 aromatic heterocycles. The van der Waals surface area contributed by atoms with Crippen LogP contribution in [-0.4, -0.2) is 188 Å². The van der Waals surface area contributed by atoms with Crippen LogP contribution in [0.15, 0.2) is 103 Å². The lowest BCUT2D eigenvalue weighted by molar-refractivity contribution is -0.152. The van der Waals surface area contributed by atoms with Crippen molar-refractivity contribution in [2.45, 2.75) is 184 Å². The summed E-state index contributed by atoms with van der Waals surface area (Å²) in [5, 5.41) is 27.4. The number of benzene rings is 3. The molecule has 0 aliphatic carbocycles. The summed E-state index contributed by atoms with van der Waals surface area (Å²) in [7, 11) is 0. The Morgan fingerprint density at radius 2 is 0.889 bits per heavy atom. The van der Waals surface area contributed by atoms with Gasteiger partial charge in [0.05, 0.1) is 0 Å². The summed E-state index contributed by atoms with van der Waals surface area (Å²) in [5.74, 6) is -7.51. The monoisotopic (exact) mass is 1240 g/mol. The Kier molecular flexibility index (Phi) is 22.1. The SMILES string of the molecule is CC(C)C[C@@H]1NC(=O)[C@@H]2CCCN2C(=O)[C@H]2CCCN2C(=O)[C@@H]2CCCN2C(=O)[C@@H]2CCCN2C(=O)[C@H](CC(C)C)N/C=C(/C(=O)N2CCC[C@H]2C(=O)N[C@@H](Cc2ccccc2)C(=O)N[C@@H](Cc2ccccc2)C(=O)N[C@@H](Cc2ccccc2)C(=O)O)NC1=O. The van der Waals surface area contributed by atoms with Crippen molar-refractivity contribution in [1.82, 2.24) is 56.4 Å². The van der Waals surface area contributed by atoms with Crippen LogP contribution in [0.25, 0.3) is 0 Å². The number of hydrogen-bond acceptors (Lipinski definition) is 12. The predicted octanol–water partition coefficient (Wildman–Crippen LogP) is 2.71. The van der Waals surface area contributed by atoms with E-state index in [1.54, 1.807) is 101 Å².